The van der Waals surface area contributed by atoms with Crippen LogP contribution in [0.25, 0.3) is 0 Å². The van der Waals surface area contributed by atoms with Crippen LogP contribution in [0.5, 0.6) is 0 Å². The minimum atomic E-state index is 0.0366. The molecule has 0 aromatic heterocycles. The van der Waals surface area contributed by atoms with Gasteiger partial charge in [-0.15, -0.1) is 0 Å². The molecule has 3 N–H and O–H groups in total. The third-order valence-electron chi connectivity index (χ3n) is 3.87. The van der Waals surface area contributed by atoms with E-state index in [2.05, 4.69) is 24.1 Å². The maximum absolute atomic E-state index is 12.1. The van der Waals surface area contributed by atoms with E-state index in [0.717, 1.165) is 24.3 Å². The van der Waals surface area contributed by atoms with Crippen molar-refractivity contribution in [2.45, 2.75) is 27.2 Å². The molecule has 1 aliphatic rings. The van der Waals surface area contributed by atoms with Crippen molar-refractivity contribution in [1.82, 2.24) is 4.90 Å². The van der Waals surface area contributed by atoms with Gasteiger partial charge < -0.3 is 11.1 Å². The van der Waals surface area contributed by atoms with Gasteiger partial charge in [0.2, 0.25) is 5.91 Å². The minimum Gasteiger partial charge on any atom is -0.398 e. The number of nitrogens with zero attached hydrogens (tertiary/aromatic N) is 1. The molecule has 4 heteroatoms. The van der Waals surface area contributed by atoms with Crippen LogP contribution < -0.4 is 11.1 Å². The molecule has 1 saturated heterocycles. The quantitative estimate of drug-likeness (QED) is 0.833. The first-order valence-corrected chi connectivity index (χ1v) is 7.32. The summed E-state index contributed by atoms with van der Waals surface area (Å²) in [6.07, 6.45) is 1.26. The summed E-state index contributed by atoms with van der Waals surface area (Å²) >= 11 is 0. The Morgan fingerprint density at radius 3 is 2.60 bits per heavy atom. The van der Waals surface area contributed by atoms with Gasteiger partial charge in [0.25, 0.3) is 0 Å². The van der Waals surface area contributed by atoms with Crippen molar-refractivity contribution in [3.8, 4) is 0 Å². The number of carbonyl (C=O) groups is 1. The Bertz CT molecular complexity index is 477. The number of piperidine rings is 1. The normalized spacial score (nSPS) is 23.6. The van der Waals surface area contributed by atoms with Crippen molar-refractivity contribution in [1.29, 1.82) is 0 Å². The lowest BCUT2D eigenvalue weighted by atomic mass is 9.92. The SMILES string of the molecule is Cc1ccc(NC(=O)CN2CC(C)CC(C)C2)cc1N. The topological polar surface area (TPSA) is 58.4 Å². The largest absolute Gasteiger partial charge is 0.398 e. The van der Waals surface area contributed by atoms with Crippen molar-refractivity contribution in [3.05, 3.63) is 23.8 Å². The first-order chi connectivity index (χ1) is 9.44. The molecule has 1 heterocycles. The highest BCUT2D eigenvalue weighted by atomic mass is 16.2. The highest BCUT2D eigenvalue weighted by molar-refractivity contribution is 5.92. The standard InChI is InChI=1S/C16H25N3O/c1-11-6-12(2)9-19(8-11)10-16(20)18-14-5-4-13(3)15(17)7-14/h4-5,7,11-12H,6,8-10,17H2,1-3H3,(H,18,20). The number of nitrogen functional groups attached to an aromatic ring is 1. The number of anilines is 2. The molecule has 0 spiro atoms. The van der Waals surface area contributed by atoms with E-state index in [0.29, 0.717) is 24.1 Å². The number of hydrogen-bond donors (Lipinski definition) is 2. The molecular weight excluding hydrogens is 250 g/mol. The fourth-order valence-corrected chi connectivity index (χ4v) is 3.04. The average molecular weight is 275 g/mol. The molecule has 20 heavy (non-hydrogen) atoms. The summed E-state index contributed by atoms with van der Waals surface area (Å²) in [6, 6.07) is 5.63. The van der Waals surface area contributed by atoms with Crippen molar-refractivity contribution < 1.29 is 4.79 Å². The maximum Gasteiger partial charge on any atom is 0.238 e. The van der Waals surface area contributed by atoms with Gasteiger partial charge in [-0.1, -0.05) is 19.9 Å². The van der Waals surface area contributed by atoms with Gasteiger partial charge in [0.1, 0.15) is 0 Å². The summed E-state index contributed by atoms with van der Waals surface area (Å²) in [4.78, 5) is 14.3. The van der Waals surface area contributed by atoms with Crippen LogP contribution in [0.1, 0.15) is 25.8 Å². The molecule has 0 bridgehead atoms. The molecule has 0 aliphatic carbocycles. The zero-order chi connectivity index (χ0) is 14.7. The van der Waals surface area contributed by atoms with E-state index in [4.69, 9.17) is 5.73 Å². The molecular formula is C16H25N3O. The van der Waals surface area contributed by atoms with Crippen LogP contribution in [-0.4, -0.2) is 30.4 Å². The van der Waals surface area contributed by atoms with Gasteiger partial charge >= 0.3 is 0 Å². The molecule has 1 aromatic rings. The van der Waals surface area contributed by atoms with Gasteiger partial charge in [0, 0.05) is 24.5 Å². The van der Waals surface area contributed by atoms with Crippen LogP contribution in [0.3, 0.4) is 0 Å². The van der Waals surface area contributed by atoms with Crippen LogP contribution in [-0.2, 0) is 4.79 Å². The Hall–Kier alpha value is -1.55. The maximum atomic E-state index is 12.1. The first kappa shape index (κ1) is 14.9. The summed E-state index contributed by atoms with van der Waals surface area (Å²) in [5.41, 5.74) is 8.37. The molecule has 1 aromatic carbocycles. The molecule has 1 amide bonds. The lowest BCUT2D eigenvalue weighted by molar-refractivity contribution is -0.117. The summed E-state index contributed by atoms with van der Waals surface area (Å²) < 4.78 is 0. The van der Waals surface area contributed by atoms with E-state index in [1.165, 1.54) is 6.42 Å². The minimum absolute atomic E-state index is 0.0366. The number of amides is 1. The van der Waals surface area contributed by atoms with Gasteiger partial charge in [0.15, 0.2) is 0 Å². The van der Waals surface area contributed by atoms with Crippen LogP contribution in [0.2, 0.25) is 0 Å². The smallest absolute Gasteiger partial charge is 0.238 e. The summed E-state index contributed by atoms with van der Waals surface area (Å²) in [5, 5.41) is 2.93. The number of nitrogens with two attached hydrogens (primary N) is 1. The average Bonchev–Trinajstić information content (AvgIpc) is 2.32. The zero-order valence-corrected chi connectivity index (χ0v) is 12.6. The highest BCUT2D eigenvalue weighted by Crippen LogP contribution is 2.21. The van der Waals surface area contributed by atoms with E-state index >= 15 is 0 Å². The van der Waals surface area contributed by atoms with Crippen LogP contribution in [0, 0.1) is 18.8 Å². The number of carbonyl (C=O) groups excluding carboxylic acids is 1. The molecule has 4 nitrogen and oxygen atoms in total. The Labute approximate surface area is 121 Å². The fourth-order valence-electron chi connectivity index (χ4n) is 3.04. The van der Waals surface area contributed by atoms with E-state index in [1.807, 2.05) is 25.1 Å². The number of nitrogens with one attached hydrogen (secondary N) is 1. The summed E-state index contributed by atoms with van der Waals surface area (Å²) in [7, 11) is 0. The zero-order valence-electron chi connectivity index (χ0n) is 12.6. The van der Waals surface area contributed by atoms with Crippen LogP contribution in [0.15, 0.2) is 18.2 Å². The van der Waals surface area contributed by atoms with E-state index in [9.17, 15) is 4.79 Å². The Morgan fingerprint density at radius 1 is 1.35 bits per heavy atom. The summed E-state index contributed by atoms with van der Waals surface area (Å²) in [6.45, 7) is 8.93. The molecule has 0 radical (unpaired) electrons. The Kier molecular flexibility index (Phi) is 4.65. The van der Waals surface area contributed by atoms with Gasteiger partial charge in [-0.05, 0) is 42.9 Å². The number of likely N-dealkylation sites (tertiary alicyclic amines) is 1. The molecule has 2 rings (SSSR count). The summed E-state index contributed by atoms with van der Waals surface area (Å²) in [5.74, 6) is 1.37. The van der Waals surface area contributed by atoms with Crippen molar-refractivity contribution in [3.63, 3.8) is 0 Å². The predicted molar refractivity (Wildman–Crippen MR) is 83.6 cm³/mol. The van der Waals surface area contributed by atoms with Crippen molar-refractivity contribution in [2.75, 3.05) is 30.7 Å². The number of aryl methyl sites for hydroxylation is 1. The molecule has 1 aliphatic heterocycles. The van der Waals surface area contributed by atoms with Gasteiger partial charge in [-0.2, -0.15) is 0 Å². The van der Waals surface area contributed by atoms with Crippen molar-refractivity contribution in [2.24, 2.45) is 11.8 Å². The monoisotopic (exact) mass is 275 g/mol. The van der Waals surface area contributed by atoms with E-state index in [-0.39, 0.29) is 5.91 Å². The van der Waals surface area contributed by atoms with Crippen molar-refractivity contribution >= 4 is 17.3 Å². The molecule has 1 fully saturated rings. The fraction of sp³-hybridized carbons (Fsp3) is 0.562. The number of hydrogen-bond acceptors (Lipinski definition) is 3. The highest BCUT2D eigenvalue weighted by Gasteiger charge is 2.23. The second-order valence-electron chi connectivity index (χ2n) is 6.26. The molecule has 2 unspecified atom stereocenters. The third kappa shape index (κ3) is 3.97. The van der Waals surface area contributed by atoms with Gasteiger partial charge in [-0.25, -0.2) is 0 Å². The lowest BCUT2D eigenvalue weighted by Gasteiger charge is -2.34. The Morgan fingerprint density at radius 2 is 2.00 bits per heavy atom. The first-order valence-electron chi connectivity index (χ1n) is 7.32. The predicted octanol–water partition coefficient (Wildman–Crippen LogP) is 2.49. The Balaban J connectivity index is 1.90. The molecule has 110 valence electrons. The lowest BCUT2D eigenvalue weighted by Crippen LogP contribution is -2.42. The third-order valence-corrected chi connectivity index (χ3v) is 3.87. The van der Waals surface area contributed by atoms with Crippen LogP contribution in [0.4, 0.5) is 11.4 Å². The molecule has 2 atom stereocenters. The van der Waals surface area contributed by atoms with Crippen LogP contribution >= 0.6 is 0 Å². The number of rotatable bonds is 3. The van der Waals surface area contributed by atoms with Gasteiger partial charge in [-0.3, -0.25) is 9.69 Å². The van der Waals surface area contributed by atoms with Gasteiger partial charge in [0.05, 0.1) is 6.54 Å². The second kappa shape index (κ2) is 6.27. The number of benzene rings is 1. The van der Waals surface area contributed by atoms with E-state index < -0.39 is 0 Å². The van der Waals surface area contributed by atoms with E-state index in [1.54, 1.807) is 0 Å². The molecule has 0 saturated carbocycles. The second-order valence-corrected chi connectivity index (χ2v) is 6.26.